The summed E-state index contributed by atoms with van der Waals surface area (Å²) in [5.41, 5.74) is 0. The maximum Gasteiger partial charge on any atom is 0.305 e. The molecule has 0 atom stereocenters. The summed E-state index contributed by atoms with van der Waals surface area (Å²) in [6, 6.07) is 12.9. The molecular formula is C19H20F2N3O2Si+. The van der Waals surface area contributed by atoms with Gasteiger partial charge in [0.15, 0.2) is 8.07 Å². The van der Waals surface area contributed by atoms with Gasteiger partial charge < -0.3 is 4.74 Å². The predicted molar refractivity (Wildman–Crippen MR) is 97.9 cm³/mol. The Hall–Kier alpha value is -2.87. The number of benzene rings is 2. The van der Waals surface area contributed by atoms with Gasteiger partial charge in [0.05, 0.1) is 0 Å². The largest absolute Gasteiger partial charge is 0.431 e. The number of rotatable bonds is 6. The first-order chi connectivity index (χ1) is 12.9. The van der Waals surface area contributed by atoms with Crippen LogP contribution < -0.4 is 14.9 Å². The third-order valence-electron chi connectivity index (χ3n) is 4.49. The molecule has 0 aliphatic carbocycles. The molecule has 3 aromatic rings. The van der Waals surface area contributed by atoms with Crippen LogP contribution in [0.1, 0.15) is 6.92 Å². The summed E-state index contributed by atoms with van der Waals surface area (Å²) in [5.74, 6) is -0.966. The molecule has 1 aromatic heterocycles. The van der Waals surface area contributed by atoms with E-state index in [-0.39, 0.29) is 24.3 Å². The number of ether oxygens (including phenoxy) is 1. The molecule has 0 aliphatic heterocycles. The highest BCUT2D eigenvalue weighted by atomic mass is 28.3. The van der Waals surface area contributed by atoms with Crippen LogP contribution >= 0.6 is 0 Å². The number of halogens is 2. The van der Waals surface area contributed by atoms with Gasteiger partial charge in [-0.1, -0.05) is 41.2 Å². The van der Waals surface area contributed by atoms with Crippen LogP contribution in [0, 0.1) is 11.6 Å². The first-order valence-corrected chi connectivity index (χ1v) is 11.1. The van der Waals surface area contributed by atoms with Crippen LogP contribution in [0.2, 0.25) is 6.55 Å². The van der Waals surface area contributed by atoms with Crippen molar-refractivity contribution in [3.63, 3.8) is 0 Å². The molecule has 1 heterocycles. The summed E-state index contributed by atoms with van der Waals surface area (Å²) in [5, 5.41) is 6.36. The molecule has 0 radical (unpaired) electrons. The van der Waals surface area contributed by atoms with Gasteiger partial charge in [0, 0.05) is 12.0 Å². The molecule has 0 unspecified atom stereocenters. The van der Waals surface area contributed by atoms with Crippen LogP contribution in [0.4, 0.5) is 8.78 Å². The SMILES string of the molecule is CC(=O)OC[n+]1cnn(C[Si](C)(c2ccc(F)cc2)c2ccc(F)cc2)c1. The highest BCUT2D eigenvalue weighted by Gasteiger charge is 2.35. The van der Waals surface area contributed by atoms with E-state index in [2.05, 4.69) is 11.6 Å². The van der Waals surface area contributed by atoms with Crippen LogP contribution in [0.25, 0.3) is 0 Å². The minimum absolute atomic E-state index is 0.0840. The predicted octanol–water partition coefficient (Wildman–Crippen LogP) is 1.40. The van der Waals surface area contributed by atoms with Gasteiger partial charge in [-0.2, -0.15) is 0 Å². The Bertz CT molecular complexity index is 881. The van der Waals surface area contributed by atoms with Gasteiger partial charge >= 0.3 is 5.97 Å². The molecule has 0 fully saturated rings. The molecule has 0 N–H and O–H groups in total. The van der Waals surface area contributed by atoms with Gasteiger partial charge in [0.25, 0.3) is 6.33 Å². The van der Waals surface area contributed by atoms with E-state index in [4.69, 9.17) is 4.74 Å². The van der Waals surface area contributed by atoms with Crippen molar-refractivity contribution in [1.82, 2.24) is 9.78 Å². The Morgan fingerprint density at radius 3 is 2.07 bits per heavy atom. The van der Waals surface area contributed by atoms with Crippen LogP contribution in [0.5, 0.6) is 0 Å². The first kappa shape index (κ1) is 18.9. The number of carbonyl (C=O) groups excluding carboxylic acids is 1. The topological polar surface area (TPSA) is 48.0 Å². The average molecular weight is 388 g/mol. The summed E-state index contributed by atoms with van der Waals surface area (Å²) >= 11 is 0. The fourth-order valence-electron chi connectivity index (χ4n) is 2.99. The minimum atomic E-state index is -2.37. The number of nitrogens with zero attached hydrogens (tertiary/aromatic N) is 3. The van der Waals surface area contributed by atoms with Crippen molar-refractivity contribution in [2.75, 3.05) is 0 Å². The second-order valence-electron chi connectivity index (χ2n) is 6.57. The number of hydrogen-bond donors (Lipinski definition) is 0. The van der Waals surface area contributed by atoms with Crippen molar-refractivity contribution in [3.8, 4) is 0 Å². The van der Waals surface area contributed by atoms with Gasteiger partial charge in [-0.3, -0.25) is 4.79 Å². The highest BCUT2D eigenvalue weighted by Crippen LogP contribution is 2.10. The molecule has 8 heteroatoms. The Labute approximate surface area is 156 Å². The maximum atomic E-state index is 13.4. The third kappa shape index (κ3) is 4.46. The standard InChI is InChI=1S/C19H20F2N3O2Si/c1-15(25)26-13-23-11-22-24(12-23)14-27(2,18-7-3-16(20)4-8-18)19-9-5-17(21)6-10-19/h3-12H,13-14H2,1-2H3/q+1. The summed E-state index contributed by atoms with van der Waals surface area (Å²) in [7, 11) is -2.37. The third-order valence-corrected chi connectivity index (χ3v) is 8.66. The van der Waals surface area contributed by atoms with Crippen LogP contribution in [0.3, 0.4) is 0 Å². The fraction of sp³-hybridized carbons (Fsp3) is 0.211. The Kier molecular flexibility index (Phi) is 5.45. The van der Waals surface area contributed by atoms with E-state index < -0.39 is 8.07 Å². The number of hydrogen-bond acceptors (Lipinski definition) is 3. The van der Waals surface area contributed by atoms with Crippen molar-refractivity contribution in [3.05, 3.63) is 72.8 Å². The molecule has 0 saturated carbocycles. The average Bonchev–Trinajstić information content (AvgIpc) is 3.08. The van der Waals surface area contributed by atoms with Crippen molar-refractivity contribution in [1.29, 1.82) is 0 Å². The normalized spacial score (nSPS) is 11.4. The molecule has 5 nitrogen and oxygen atoms in total. The monoisotopic (exact) mass is 388 g/mol. The first-order valence-electron chi connectivity index (χ1n) is 8.44. The molecule has 0 spiro atoms. The molecule has 2 aromatic carbocycles. The van der Waals surface area contributed by atoms with Crippen molar-refractivity contribution in [2.24, 2.45) is 0 Å². The van der Waals surface area contributed by atoms with E-state index in [1.807, 2.05) is 0 Å². The van der Waals surface area contributed by atoms with E-state index in [0.717, 1.165) is 10.4 Å². The second-order valence-corrected chi connectivity index (χ2v) is 10.7. The van der Waals surface area contributed by atoms with E-state index in [1.54, 1.807) is 46.2 Å². The van der Waals surface area contributed by atoms with Crippen molar-refractivity contribution in [2.45, 2.75) is 26.4 Å². The van der Waals surface area contributed by atoms with Crippen LogP contribution in [-0.4, -0.2) is 23.8 Å². The summed E-state index contributed by atoms with van der Waals surface area (Å²) in [6.07, 6.45) is 3.89. The summed E-state index contributed by atoms with van der Waals surface area (Å²) < 4.78 is 35.2. The molecule has 27 heavy (non-hydrogen) atoms. The molecule has 140 valence electrons. The van der Waals surface area contributed by atoms with E-state index in [9.17, 15) is 13.6 Å². The lowest BCUT2D eigenvalue weighted by atomic mass is 10.3. The summed E-state index contributed by atoms with van der Waals surface area (Å²) in [4.78, 5) is 11.0. The smallest absolute Gasteiger partial charge is 0.305 e. The highest BCUT2D eigenvalue weighted by molar-refractivity contribution is 7.00. The number of esters is 1. The zero-order valence-corrected chi connectivity index (χ0v) is 16.1. The number of carbonyl (C=O) groups is 1. The molecular weight excluding hydrogens is 368 g/mol. The van der Waals surface area contributed by atoms with Gasteiger partial charge in [-0.15, -0.1) is 4.68 Å². The van der Waals surface area contributed by atoms with Crippen molar-refractivity contribution < 1.29 is 22.9 Å². The molecule has 3 rings (SSSR count). The zero-order valence-electron chi connectivity index (χ0n) is 15.1. The number of aromatic nitrogens is 3. The van der Waals surface area contributed by atoms with E-state index in [1.165, 1.54) is 31.2 Å². The Morgan fingerprint density at radius 2 is 1.59 bits per heavy atom. The lowest BCUT2D eigenvalue weighted by molar-refractivity contribution is -0.728. The lowest BCUT2D eigenvalue weighted by Crippen LogP contribution is -2.59. The minimum Gasteiger partial charge on any atom is -0.431 e. The molecule has 0 saturated heterocycles. The van der Waals surface area contributed by atoms with Crippen LogP contribution in [0.15, 0.2) is 61.2 Å². The van der Waals surface area contributed by atoms with E-state index in [0.29, 0.717) is 6.17 Å². The Morgan fingerprint density at radius 1 is 1.07 bits per heavy atom. The van der Waals surface area contributed by atoms with Gasteiger partial charge in [0.2, 0.25) is 13.1 Å². The van der Waals surface area contributed by atoms with Crippen molar-refractivity contribution >= 4 is 24.4 Å². The van der Waals surface area contributed by atoms with Crippen LogP contribution in [-0.2, 0) is 22.4 Å². The maximum absolute atomic E-state index is 13.4. The van der Waals surface area contributed by atoms with Gasteiger partial charge in [0.1, 0.15) is 17.8 Å². The molecule has 0 bridgehead atoms. The van der Waals surface area contributed by atoms with Gasteiger partial charge in [-0.25, -0.2) is 13.3 Å². The second kappa shape index (κ2) is 7.79. The molecule has 0 amide bonds. The Balaban J connectivity index is 1.94. The quantitative estimate of drug-likeness (QED) is 0.364. The molecule has 0 aliphatic rings. The fourth-order valence-corrected chi connectivity index (χ4v) is 6.30. The van der Waals surface area contributed by atoms with Gasteiger partial charge in [-0.05, 0) is 24.3 Å². The summed E-state index contributed by atoms with van der Waals surface area (Å²) in [6.45, 7) is 3.56. The zero-order chi connectivity index (χ0) is 19.4. The lowest BCUT2D eigenvalue weighted by Gasteiger charge is -2.26. The van der Waals surface area contributed by atoms with E-state index >= 15 is 0 Å².